The Morgan fingerprint density at radius 2 is 2.05 bits per heavy atom. The van der Waals surface area contributed by atoms with Gasteiger partial charge < -0.3 is 4.74 Å². The number of sulfonamides is 1. The number of hydrogen-bond donors (Lipinski definition) is 1. The van der Waals surface area contributed by atoms with Crippen molar-refractivity contribution >= 4 is 27.8 Å². The summed E-state index contributed by atoms with van der Waals surface area (Å²) in [5.41, 5.74) is 0.0364. The third-order valence-electron chi connectivity index (χ3n) is 2.55. The quantitative estimate of drug-likeness (QED) is 0.806. The maximum absolute atomic E-state index is 12.2. The van der Waals surface area contributed by atoms with E-state index >= 15 is 0 Å². The van der Waals surface area contributed by atoms with Crippen molar-refractivity contribution in [3.8, 4) is 0 Å². The molecule has 7 heteroatoms. The fourth-order valence-electron chi connectivity index (χ4n) is 1.37. The van der Waals surface area contributed by atoms with Crippen molar-refractivity contribution in [2.75, 3.05) is 19.9 Å². The maximum atomic E-state index is 12.2. The molecule has 0 radical (unpaired) electrons. The summed E-state index contributed by atoms with van der Waals surface area (Å²) < 4.78 is 31.4. The van der Waals surface area contributed by atoms with E-state index in [-0.39, 0.29) is 15.7 Å². The molecule has 0 fully saturated rings. The molecule has 19 heavy (non-hydrogen) atoms. The maximum Gasteiger partial charge on any atom is 0.339 e. The zero-order chi connectivity index (χ0) is 14.5. The van der Waals surface area contributed by atoms with Gasteiger partial charge in [0.25, 0.3) is 0 Å². The van der Waals surface area contributed by atoms with Gasteiger partial charge >= 0.3 is 5.97 Å². The van der Waals surface area contributed by atoms with Gasteiger partial charge in [0.2, 0.25) is 10.0 Å². The van der Waals surface area contributed by atoms with Gasteiger partial charge in [-0.05, 0) is 18.4 Å². The number of esters is 1. The van der Waals surface area contributed by atoms with E-state index in [1.807, 2.05) is 13.2 Å². The largest absolute Gasteiger partial charge is 0.465 e. The molecular weight excluding hydrogens is 286 g/mol. The van der Waals surface area contributed by atoms with Crippen molar-refractivity contribution in [3.05, 3.63) is 29.8 Å². The van der Waals surface area contributed by atoms with Gasteiger partial charge in [-0.25, -0.2) is 17.9 Å². The second-order valence-electron chi connectivity index (χ2n) is 3.89. The average Bonchev–Trinajstić information content (AvgIpc) is 2.43. The molecule has 0 bridgehead atoms. The van der Waals surface area contributed by atoms with E-state index in [9.17, 15) is 13.2 Å². The molecule has 0 heterocycles. The molecule has 0 amide bonds. The normalized spacial score (nSPS) is 13.0. The molecule has 0 saturated carbocycles. The van der Waals surface area contributed by atoms with Crippen LogP contribution in [0.1, 0.15) is 17.3 Å². The smallest absolute Gasteiger partial charge is 0.339 e. The summed E-state index contributed by atoms with van der Waals surface area (Å²) in [6.45, 7) is 2.22. The Balaban J connectivity index is 3.04. The Bertz CT molecular complexity index is 542. The third kappa shape index (κ3) is 4.22. The summed E-state index contributed by atoms with van der Waals surface area (Å²) in [6, 6.07) is 5.98. The molecule has 106 valence electrons. The van der Waals surface area contributed by atoms with Crippen LogP contribution in [0.5, 0.6) is 0 Å². The van der Waals surface area contributed by atoms with Crippen LogP contribution in [-0.4, -0.2) is 39.5 Å². The summed E-state index contributed by atoms with van der Waals surface area (Å²) in [6.07, 6.45) is 1.90. The van der Waals surface area contributed by atoms with E-state index in [1.165, 1.54) is 19.2 Å². The summed E-state index contributed by atoms with van der Waals surface area (Å²) in [5.74, 6) is -0.668. The summed E-state index contributed by atoms with van der Waals surface area (Å²) in [5, 5.41) is 0.153. The van der Waals surface area contributed by atoms with Crippen molar-refractivity contribution in [2.45, 2.75) is 17.1 Å². The first kappa shape index (κ1) is 16.0. The highest BCUT2D eigenvalue weighted by molar-refractivity contribution is 7.99. The molecule has 0 aliphatic carbocycles. The monoisotopic (exact) mass is 303 g/mol. The molecular formula is C12H17NO4S2. The third-order valence-corrected chi connectivity index (χ3v) is 5.00. The van der Waals surface area contributed by atoms with E-state index in [4.69, 9.17) is 0 Å². The Kier molecular flexibility index (Phi) is 5.84. The molecule has 1 aromatic rings. The number of ether oxygens (including phenoxy) is 1. The van der Waals surface area contributed by atoms with Gasteiger partial charge in [-0.2, -0.15) is 11.8 Å². The predicted molar refractivity (Wildman–Crippen MR) is 75.9 cm³/mol. The SMILES string of the molecule is COC(=O)c1ccccc1S(=O)(=O)NCC(C)SC. The molecule has 1 N–H and O–H groups in total. The molecule has 0 aromatic heterocycles. The Morgan fingerprint density at radius 3 is 2.63 bits per heavy atom. The fourth-order valence-corrected chi connectivity index (χ4v) is 3.05. The molecule has 0 aliphatic rings. The molecule has 5 nitrogen and oxygen atoms in total. The second-order valence-corrected chi connectivity index (χ2v) is 6.90. The number of rotatable bonds is 6. The van der Waals surface area contributed by atoms with Gasteiger partial charge in [0, 0.05) is 11.8 Å². The van der Waals surface area contributed by atoms with Crippen LogP contribution in [0.15, 0.2) is 29.2 Å². The van der Waals surface area contributed by atoms with Crippen LogP contribution in [-0.2, 0) is 14.8 Å². The summed E-state index contributed by atoms with van der Waals surface area (Å²) in [7, 11) is -2.50. The van der Waals surface area contributed by atoms with Crippen molar-refractivity contribution in [3.63, 3.8) is 0 Å². The number of carbonyl (C=O) groups is 1. The summed E-state index contributed by atoms with van der Waals surface area (Å²) in [4.78, 5) is 11.5. The molecule has 0 spiro atoms. The average molecular weight is 303 g/mol. The van der Waals surface area contributed by atoms with Crippen LogP contribution in [0.4, 0.5) is 0 Å². The lowest BCUT2D eigenvalue weighted by Crippen LogP contribution is -2.30. The van der Waals surface area contributed by atoms with E-state index in [0.29, 0.717) is 6.54 Å². The zero-order valence-electron chi connectivity index (χ0n) is 11.0. The Hall–Kier alpha value is -1.05. The highest BCUT2D eigenvalue weighted by Crippen LogP contribution is 2.16. The lowest BCUT2D eigenvalue weighted by atomic mass is 10.2. The van der Waals surface area contributed by atoms with E-state index < -0.39 is 16.0 Å². The molecule has 1 rings (SSSR count). The number of thioether (sulfide) groups is 1. The van der Waals surface area contributed by atoms with Gasteiger partial charge in [-0.1, -0.05) is 19.1 Å². The number of hydrogen-bond acceptors (Lipinski definition) is 5. The Labute approximate surface area is 117 Å². The first-order valence-electron chi connectivity index (χ1n) is 5.62. The van der Waals surface area contributed by atoms with Crippen molar-refractivity contribution in [1.82, 2.24) is 4.72 Å². The number of nitrogens with one attached hydrogen (secondary N) is 1. The zero-order valence-corrected chi connectivity index (χ0v) is 12.7. The molecule has 1 unspecified atom stereocenters. The molecule has 0 saturated heterocycles. The van der Waals surface area contributed by atoms with E-state index in [1.54, 1.807) is 23.9 Å². The van der Waals surface area contributed by atoms with Crippen molar-refractivity contribution in [2.24, 2.45) is 0 Å². The lowest BCUT2D eigenvalue weighted by Gasteiger charge is -2.12. The summed E-state index contributed by atoms with van der Waals surface area (Å²) >= 11 is 1.56. The molecule has 1 aromatic carbocycles. The highest BCUT2D eigenvalue weighted by Gasteiger charge is 2.22. The first-order valence-corrected chi connectivity index (χ1v) is 8.39. The van der Waals surface area contributed by atoms with E-state index in [2.05, 4.69) is 9.46 Å². The van der Waals surface area contributed by atoms with Crippen LogP contribution in [0.3, 0.4) is 0 Å². The van der Waals surface area contributed by atoms with Gasteiger partial charge in [0.1, 0.15) is 0 Å². The first-order chi connectivity index (χ1) is 8.92. The van der Waals surface area contributed by atoms with Crippen LogP contribution in [0.2, 0.25) is 0 Å². The predicted octanol–water partition coefficient (Wildman–Crippen LogP) is 1.50. The minimum Gasteiger partial charge on any atom is -0.465 e. The Morgan fingerprint density at radius 1 is 1.42 bits per heavy atom. The van der Waals surface area contributed by atoms with Crippen LogP contribution < -0.4 is 4.72 Å². The molecule has 0 aliphatic heterocycles. The van der Waals surface area contributed by atoms with Crippen molar-refractivity contribution < 1.29 is 17.9 Å². The number of benzene rings is 1. The number of carbonyl (C=O) groups excluding carboxylic acids is 1. The topological polar surface area (TPSA) is 72.5 Å². The van der Waals surface area contributed by atoms with Gasteiger partial charge in [-0.15, -0.1) is 0 Å². The lowest BCUT2D eigenvalue weighted by molar-refractivity contribution is 0.0596. The van der Waals surface area contributed by atoms with Gasteiger partial charge in [0.15, 0.2) is 0 Å². The van der Waals surface area contributed by atoms with Crippen molar-refractivity contribution in [1.29, 1.82) is 0 Å². The number of methoxy groups -OCH3 is 1. The fraction of sp³-hybridized carbons (Fsp3) is 0.417. The highest BCUT2D eigenvalue weighted by atomic mass is 32.2. The molecule has 1 atom stereocenters. The van der Waals surface area contributed by atoms with Crippen LogP contribution >= 0.6 is 11.8 Å². The van der Waals surface area contributed by atoms with Crippen LogP contribution in [0, 0.1) is 0 Å². The standard InChI is InChI=1S/C12H17NO4S2/c1-9(18-3)8-13-19(15,16)11-7-5-4-6-10(11)12(14)17-2/h4-7,9,13H,8H2,1-3H3. The minimum absolute atomic E-state index is 0.0364. The van der Waals surface area contributed by atoms with Crippen LogP contribution in [0.25, 0.3) is 0 Å². The van der Waals surface area contributed by atoms with Gasteiger partial charge in [0.05, 0.1) is 17.6 Å². The van der Waals surface area contributed by atoms with E-state index in [0.717, 1.165) is 0 Å². The van der Waals surface area contributed by atoms with Gasteiger partial charge in [-0.3, -0.25) is 0 Å². The minimum atomic E-state index is -3.72. The second kappa shape index (κ2) is 6.93.